The van der Waals surface area contributed by atoms with Crippen molar-refractivity contribution >= 4 is 23.2 Å². The average Bonchev–Trinajstić information content (AvgIpc) is 2.75. The van der Waals surface area contributed by atoms with Gasteiger partial charge < -0.3 is 20.1 Å². The van der Waals surface area contributed by atoms with Crippen LogP contribution in [-0.2, 0) is 9.59 Å². The Hall–Kier alpha value is -3.80. The zero-order valence-electron chi connectivity index (χ0n) is 17.0. The standard InChI is InChI=1S/C24H24N2O4/c1-17-3-7-19(8-4-17)25-23(27)15-29-21-11-13-22(14-12-21)30-16-24(28)26-20-9-5-18(2)6-10-20/h3-14H,15-16H2,1-2H3,(H,25,27)(H,26,28). The highest BCUT2D eigenvalue weighted by Crippen LogP contribution is 2.18. The zero-order valence-corrected chi connectivity index (χ0v) is 17.0. The minimum absolute atomic E-state index is 0.104. The van der Waals surface area contributed by atoms with Crippen molar-refractivity contribution in [2.45, 2.75) is 13.8 Å². The van der Waals surface area contributed by atoms with Crippen molar-refractivity contribution in [3.05, 3.63) is 83.9 Å². The van der Waals surface area contributed by atoms with Crippen molar-refractivity contribution in [2.75, 3.05) is 23.8 Å². The van der Waals surface area contributed by atoms with Gasteiger partial charge in [0.2, 0.25) is 0 Å². The van der Waals surface area contributed by atoms with Crippen LogP contribution in [0, 0.1) is 13.8 Å². The molecular formula is C24H24N2O4. The average molecular weight is 404 g/mol. The van der Waals surface area contributed by atoms with E-state index in [0.29, 0.717) is 11.5 Å². The van der Waals surface area contributed by atoms with E-state index in [4.69, 9.17) is 9.47 Å². The molecule has 2 amide bonds. The maximum atomic E-state index is 12.0. The number of benzene rings is 3. The molecular weight excluding hydrogens is 380 g/mol. The van der Waals surface area contributed by atoms with Crippen LogP contribution in [-0.4, -0.2) is 25.0 Å². The van der Waals surface area contributed by atoms with E-state index in [2.05, 4.69) is 10.6 Å². The third-order valence-electron chi connectivity index (χ3n) is 4.23. The largest absolute Gasteiger partial charge is 0.484 e. The van der Waals surface area contributed by atoms with E-state index in [1.165, 1.54) is 0 Å². The number of rotatable bonds is 8. The fraction of sp³-hybridized carbons (Fsp3) is 0.167. The molecule has 0 atom stereocenters. The van der Waals surface area contributed by atoms with Crippen molar-refractivity contribution in [1.29, 1.82) is 0 Å². The molecule has 0 heterocycles. The van der Waals surface area contributed by atoms with Gasteiger partial charge in [0.25, 0.3) is 11.8 Å². The van der Waals surface area contributed by atoms with Crippen LogP contribution in [0.25, 0.3) is 0 Å². The van der Waals surface area contributed by atoms with Crippen LogP contribution >= 0.6 is 0 Å². The molecule has 3 aromatic rings. The van der Waals surface area contributed by atoms with E-state index >= 15 is 0 Å². The lowest BCUT2D eigenvalue weighted by Crippen LogP contribution is -2.20. The molecule has 0 aliphatic carbocycles. The van der Waals surface area contributed by atoms with Gasteiger partial charge in [0, 0.05) is 11.4 Å². The van der Waals surface area contributed by atoms with E-state index in [9.17, 15) is 9.59 Å². The molecule has 6 nitrogen and oxygen atoms in total. The SMILES string of the molecule is Cc1ccc(NC(=O)COc2ccc(OCC(=O)Nc3ccc(C)cc3)cc2)cc1. The van der Waals surface area contributed by atoms with Crippen LogP contribution in [0.5, 0.6) is 11.5 Å². The van der Waals surface area contributed by atoms with Gasteiger partial charge in [-0.3, -0.25) is 9.59 Å². The predicted octanol–water partition coefficient (Wildman–Crippen LogP) is 4.34. The second kappa shape index (κ2) is 10.1. The lowest BCUT2D eigenvalue weighted by Gasteiger charge is -2.10. The summed E-state index contributed by atoms with van der Waals surface area (Å²) >= 11 is 0. The van der Waals surface area contributed by atoms with E-state index in [1.54, 1.807) is 24.3 Å². The first kappa shape index (κ1) is 20.9. The topological polar surface area (TPSA) is 76.7 Å². The fourth-order valence-corrected chi connectivity index (χ4v) is 2.60. The van der Waals surface area contributed by atoms with Gasteiger partial charge in [-0.05, 0) is 62.4 Å². The third-order valence-corrected chi connectivity index (χ3v) is 4.23. The maximum Gasteiger partial charge on any atom is 0.262 e. The number of hydrogen-bond acceptors (Lipinski definition) is 4. The minimum atomic E-state index is -0.244. The van der Waals surface area contributed by atoms with Gasteiger partial charge in [-0.15, -0.1) is 0 Å². The van der Waals surface area contributed by atoms with Gasteiger partial charge in [0.15, 0.2) is 13.2 Å². The second-order valence-corrected chi connectivity index (χ2v) is 6.88. The van der Waals surface area contributed by atoms with Crippen LogP contribution in [0.1, 0.15) is 11.1 Å². The highest BCUT2D eigenvalue weighted by Gasteiger charge is 2.06. The molecule has 0 saturated heterocycles. The predicted molar refractivity (Wildman–Crippen MR) is 117 cm³/mol. The Morgan fingerprint density at radius 2 is 0.933 bits per heavy atom. The molecule has 3 rings (SSSR count). The van der Waals surface area contributed by atoms with Gasteiger partial charge >= 0.3 is 0 Å². The van der Waals surface area contributed by atoms with E-state index < -0.39 is 0 Å². The normalized spacial score (nSPS) is 10.2. The Bertz CT molecular complexity index is 899. The quantitative estimate of drug-likeness (QED) is 0.586. The highest BCUT2D eigenvalue weighted by atomic mass is 16.5. The molecule has 0 bridgehead atoms. The number of amides is 2. The number of ether oxygens (including phenoxy) is 2. The Morgan fingerprint density at radius 3 is 1.27 bits per heavy atom. The smallest absolute Gasteiger partial charge is 0.262 e. The molecule has 0 saturated carbocycles. The van der Waals surface area contributed by atoms with E-state index in [0.717, 1.165) is 22.5 Å². The Balaban J connectivity index is 1.40. The minimum Gasteiger partial charge on any atom is -0.484 e. The van der Waals surface area contributed by atoms with Gasteiger partial charge in [0.1, 0.15) is 11.5 Å². The van der Waals surface area contributed by atoms with Crippen molar-refractivity contribution < 1.29 is 19.1 Å². The summed E-state index contributed by atoms with van der Waals surface area (Å²) in [6, 6.07) is 21.8. The lowest BCUT2D eigenvalue weighted by atomic mass is 10.2. The highest BCUT2D eigenvalue weighted by molar-refractivity contribution is 5.92. The van der Waals surface area contributed by atoms with Gasteiger partial charge in [-0.1, -0.05) is 35.4 Å². The van der Waals surface area contributed by atoms with E-state index in [1.807, 2.05) is 62.4 Å². The van der Waals surface area contributed by atoms with Gasteiger partial charge in [0.05, 0.1) is 0 Å². The van der Waals surface area contributed by atoms with Crippen LogP contribution < -0.4 is 20.1 Å². The molecule has 154 valence electrons. The van der Waals surface area contributed by atoms with Crippen molar-refractivity contribution in [1.82, 2.24) is 0 Å². The summed E-state index contributed by atoms with van der Waals surface area (Å²) in [7, 11) is 0. The first-order valence-electron chi connectivity index (χ1n) is 9.57. The lowest BCUT2D eigenvalue weighted by molar-refractivity contribution is -0.118. The Kier molecular flexibility index (Phi) is 7.05. The summed E-state index contributed by atoms with van der Waals surface area (Å²) in [5, 5.41) is 5.55. The molecule has 0 spiro atoms. The number of anilines is 2. The summed E-state index contributed by atoms with van der Waals surface area (Å²) in [5.41, 5.74) is 3.70. The molecule has 30 heavy (non-hydrogen) atoms. The van der Waals surface area contributed by atoms with Crippen LogP contribution in [0.15, 0.2) is 72.8 Å². The van der Waals surface area contributed by atoms with Gasteiger partial charge in [-0.25, -0.2) is 0 Å². The number of carbonyl (C=O) groups excluding carboxylic acids is 2. The number of hydrogen-bond donors (Lipinski definition) is 2. The molecule has 2 N–H and O–H groups in total. The van der Waals surface area contributed by atoms with Gasteiger partial charge in [-0.2, -0.15) is 0 Å². The molecule has 0 radical (unpaired) electrons. The number of aryl methyl sites for hydroxylation is 2. The summed E-state index contributed by atoms with van der Waals surface area (Å²) < 4.78 is 11.0. The zero-order chi connectivity index (χ0) is 21.3. The molecule has 0 aliphatic heterocycles. The molecule has 0 fully saturated rings. The molecule has 0 unspecified atom stereocenters. The summed E-state index contributed by atoms with van der Waals surface area (Å²) in [4.78, 5) is 24.0. The van der Waals surface area contributed by atoms with Crippen molar-refractivity contribution in [3.8, 4) is 11.5 Å². The Labute approximate surface area is 175 Å². The Morgan fingerprint density at radius 1 is 0.600 bits per heavy atom. The van der Waals surface area contributed by atoms with Crippen LogP contribution in [0.4, 0.5) is 11.4 Å². The fourth-order valence-electron chi connectivity index (χ4n) is 2.60. The molecule has 0 aromatic heterocycles. The number of carbonyl (C=O) groups is 2. The third kappa shape index (κ3) is 6.67. The second-order valence-electron chi connectivity index (χ2n) is 6.88. The molecule has 6 heteroatoms. The monoisotopic (exact) mass is 404 g/mol. The summed E-state index contributed by atoms with van der Waals surface area (Å²) in [6.07, 6.45) is 0. The summed E-state index contributed by atoms with van der Waals surface area (Å²) in [6.45, 7) is 3.76. The first-order valence-corrected chi connectivity index (χ1v) is 9.57. The van der Waals surface area contributed by atoms with Crippen molar-refractivity contribution in [3.63, 3.8) is 0 Å². The number of nitrogens with one attached hydrogen (secondary N) is 2. The molecule has 3 aromatic carbocycles. The summed E-state index contributed by atoms with van der Waals surface area (Å²) in [5.74, 6) is 0.579. The van der Waals surface area contributed by atoms with Crippen molar-refractivity contribution in [2.24, 2.45) is 0 Å². The molecule has 0 aliphatic rings. The van der Waals surface area contributed by atoms with Crippen LogP contribution in [0.2, 0.25) is 0 Å². The maximum absolute atomic E-state index is 12.0. The van der Waals surface area contributed by atoms with E-state index in [-0.39, 0.29) is 25.0 Å². The van der Waals surface area contributed by atoms with Crippen LogP contribution in [0.3, 0.4) is 0 Å². The first-order chi connectivity index (χ1) is 14.5.